The van der Waals surface area contributed by atoms with Gasteiger partial charge in [0.1, 0.15) is 29.9 Å². The maximum atomic E-state index is 14.4. The minimum Gasteiger partial charge on any atom is -0.479 e. The molecular formula is C26H44N7O10P. The number of methoxy groups -OCH3 is 1. The maximum absolute atomic E-state index is 14.4. The zero-order valence-corrected chi connectivity index (χ0v) is 27.1. The summed E-state index contributed by atoms with van der Waals surface area (Å²) in [5.41, 5.74) is 4.31. The van der Waals surface area contributed by atoms with Crippen molar-refractivity contribution in [1.82, 2.24) is 29.7 Å². The number of anilines is 1. The zero-order chi connectivity index (χ0) is 33.0. The number of aromatic nitrogens is 4. The molecule has 0 aliphatic carbocycles. The van der Waals surface area contributed by atoms with E-state index in [1.54, 1.807) is 41.5 Å². The van der Waals surface area contributed by atoms with E-state index in [1.165, 1.54) is 24.9 Å². The Morgan fingerprint density at radius 3 is 2.14 bits per heavy atom. The summed E-state index contributed by atoms with van der Waals surface area (Å²) in [6.45, 7) is 11.1. The van der Waals surface area contributed by atoms with Crippen molar-refractivity contribution < 1.29 is 47.8 Å². The Morgan fingerprint density at radius 1 is 1.11 bits per heavy atom. The lowest BCUT2D eigenvalue weighted by molar-refractivity contribution is -0.146. The van der Waals surface area contributed by atoms with Crippen molar-refractivity contribution in [1.29, 1.82) is 0 Å². The molecule has 3 heterocycles. The van der Waals surface area contributed by atoms with Crippen molar-refractivity contribution in [2.45, 2.75) is 84.6 Å². The molecule has 1 saturated heterocycles. The van der Waals surface area contributed by atoms with Crippen molar-refractivity contribution in [2.75, 3.05) is 32.7 Å². The van der Waals surface area contributed by atoms with E-state index in [0.717, 1.165) is 0 Å². The molecule has 0 amide bonds. The van der Waals surface area contributed by atoms with Gasteiger partial charge in [0.25, 0.3) is 0 Å². The van der Waals surface area contributed by atoms with E-state index in [0.29, 0.717) is 0 Å². The number of ether oxygens (including phenoxy) is 4. The fraction of sp³-hybridized carbons (Fsp3) is 0.731. The fourth-order valence-corrected chi connectivity index (χ4v) is 6.79. The van der Waals surface area contributed by atoms with Crippen molar-refractivity contribution >= 4 is 36.7 Å². The van der Waals surface area contributed by atoms with Crippen LogP contribution >= 0.6 is 7.67 Å². The molecule has 2 aromatic heterocycles. The van der Waals surface area contributed by atoms with Crippen LogP contribution in [0.15, 0.2) is 6.33 Å². The van der Waals surface area contributed by atoms with E-state index >= 15 is 0 Å². The molecule has 17 nitrogen and oxygen atoms in total. The van der Waals surface area contributed by atoms with Crippen LogP contribution in [0.1, 0.15) is 54.7 Å². The number of hydrogen-bond acceptors (Lipinski definition) is 14. The SMILES string of the molecule is CCOC(=O)[C@@H](NP(=O)(N[C@@H](C(=O)OCC)C(C)C)OC[C@H]1OC(n2cnc3c(OC)nc(N)nc32)[C@@](C)(O)C1O)C(C)C. The lowest BCUT2D eigenvalue weighted by Gasteiger charge is -2.31. The van der Waals surface area contributed by atoms with Gasteiger partial charge in [-0.3, -0.25) is 18.7 Å². The van der Waals surface area contributed by atoms with E-state index in [1.807, 2.05) is 0 Å². The van der Waals surface area contributed by atoms with Crippen LogP contribution in [-0.4, -0.2) is 98.5 Å². The fourth-order valence-electron chi connectivity index (χ4n) is 4.67. The highest BCUT2D eigenvalue weighted by molar-refractivity contribution is 7.54. The topological polar surface area (TPSA) is 232 Å². The molecule has 3 unspecified atom stereocenters. The van der Waals surface area contributed by atoms with E-state index in [2.05, 4.69) is 25.1 Å². The predicted octanol–water partition coefficient (Wildman–Crippen LogP) is 0.906. The number of nitrogens with one attached hydrogen (secondary N) is 2. The van der Waals surface area contributed by atoms with Gasteiger partial charge in [-0.15, -0.1) is 0 Å². The normalized spacial score (nSPS) is 24.8. The molecule has 7 atom stereocenters. The minimum atomic E-state index is -4.30. The lowest BCUT2D eigenvalue weighted by atomic mass is 9.96. The van der Waals surface area contributed by atoms with Gasteiger partial charge in [-0.05, 0) is 32.6 Å². The number of carbonyl (C=O) groups excluding carboxylic acids is 2. The van der Waals surface area contributed by atoms with Crippen LogP contribution in [0.3, 0.4) is 0 Å². The Morgan fingerprint density at radius 2 is 1.66 bits per heavy atom. The second-order valence-electron chi connectivity index (χ2n) is 11.2. The third-order valence-electron chi connectivity index (χ3n) is 7.06. The second-order valence-corrected chi connectivity index (χ2v) is 13.0. The molecule has 0 spiro atoms. The summed E-state index contributed by atoms with van der Waals surface area (Å²) in [4.78, 5) is 37.9. The number of nitrogens with zero attached hydrogens (tertiary/aromatic N) is 4. The number of aliphatic hydroxyl groups is 2. The number of imidazole rings is 1. The van der Waals surface area contributed by atoms with Crippen molar-refractivity contribution in [3.63, 3.8) is 0 Å². The molecule has 3 rings (SSSR count). The Kier molecular flexibility index (Phi) is 11.7. The van der Waals surface area contributed by atoms with E-state index < -0.39 is 74.2 Å². The van der Waals surface area contributed by atoms with Gasteiger partial charge in [0.15, 0.2) is 17.4 Å². The van der Waals surface area contributed by atoms with E-state index in [9.17, 15) is 24.4 Å². The number of fused-ring (bicyclic) bond motifs is 1. The molecule has 0 bridgehead atoms. The number of nitrogens with two attached hydrogens (primary N) is 1. The molecule has 0 radical (unpaired) electrons. The van der Waals surface area contributed by atoms with Gasteiger partial charge in [-0.1, -0.05) is 27.7 Å². The number of nitrogen functional groups attached to an aromatic ring is 1. The van der Waals surface area contributed by atoms with Crippen LogP contribution in [0.4, 0.5) is 5.95 Å². The Hall–Kier alpha value is -2.92. The van der Waals surface area contributed by atoms with Crippen molar-refractivity contribution in [3.8, 4) is 5.88 Å². The van der Waals surface area contributed by atoms with Gasteiger partial charge < -0.3 is 39.4 Å². The molecule has 2 aromatic rings. The van der Waals surface area contributed by atoms with Crippen molar-refractivity contribution in [3.05, 3.63) is 6.33 Å². The Labute approximate surface area is 255 Å². The second kappa shape index (κ2) is 14.5. The summed E-state index contributed by atoms with van der Waals surface area (Å²) in [5.74, 6) is -2.15. The number of esters is 2. The van der Waals surface area contributed by atoms with E-state index in [4.69, 9.17) is 29.2 Å². The first-order valence-corrected chi connectivity index (χ1v) is 16.0. The summed E-state index contributed by atoms with van der Waals surface area (Å²) in [5, 5.41) is 27.9. The largest absolute Gasteiger partial charge is 0.479 e. The summed E-state index contributed by atoms with van der Waals surface area (Å²) >= 11 is 0. The predicted molar refractivity (Wildman–Crippen MR) is 157 cm³/mol. The first-order valence-electron chi connectivity index (χ1n) is 14.3. The number of aliphatic hydroxyl groups excluding tert-OH is 1. The Balaban J connectivity index is 1.93. The van der Waals surface area contributed by atoms with Crippen LogP contribution in [0.5, 0.6) is 5.88 Å². The highest BCUT2D eigenvalue weighted by Crippen LogP contribution is 2.45. The number of hydrogen-bond donors (Lipinski definition) is 5. The molecule has 1 aliphatic heterocycles. The van der Waals surface area contributed by atoms with Crippen LogP contribution in [-0.2, 0) is 32.9 Å². The molecule has 1 fully saturated rings. The average Bonchev–Trinajstić information content (AvgIpc) is 3.46. The standard InChI is InChI=1S/C26H44N7O10P/c1-9-40-22(35)16(13(3)4)31-44(38,32-17(14(5)6)23(36)41-10-2)42-11-15-19(34)26(7,37)24(43-15)33-12-28-18-20(33)29-25(27)30-21(18)39-8/h12-17,19,24,34,37H,9-11H2,1-8H3,(H2,27,29,30)(H2,31,32,38)/t15-,16-,17+,19?,24?,26+,44?/m1/s1. The van der Waals surface area contributed by atoms with Crippen LogP contribution in [0.25, 0.3) is 11.2 Å². The minimum absolute atomic E-state index is 0.0870. The molecule has 44 heavy (non-hydrogen) atoms. The molecule has 1 aliphatic rings. The average molecular weight is 646 g/mol. The summed E-state index contributed by atoms with van der Waals surface area (Å²) in [6.07, 6.45) is -2.73. The van der Waals surface area contributed by atoms with Gasteiger partial charge in [-0.2, -0.15) is 9.97 Å². The number of carbonyl (C=O) groups is 2. The third-order valence-corrected chi connectivity index (χ3v) is 8.81. The zero-order valence-electron chi connectivity index (χ0n) is 26.2. The summed E-state index contributed by atoms with van der Waals surface area (Å²) in [7, 11) is -2.91. The molecule has 6 N–H and O–H groups in total. The monoisotopic (exact) mass is 645 g/mol. The van der Waals surface area contributed by atoms with Crippen molar-refractivity contribution in [2.24, 2.45) is 11.8 Å². The van der Waals surface area contributed by atoms with Gasteiger partial charge in [-0.25, -0.2) is 15.2 Å². The smallest absolute Gasteiger partial charge is 0.342 e. The first-order chi connectivity index (χ1) is 20.6. The van der Waals surface area contributed by atoms with Crippen LogP contribution in [0.2, 0.25) is 0 Å². The summed E-state index contributed by atoms with van der Waals surface area (Å²) < 4.78 is 43.1. The molecule has 248 valence electrons. The summed E-state index contributed by atoms with van der Waals surface area (Å²) in [6, 6.07) is -2.18. The van der Waals surface area contributed by atoms with E-state index in [-0.39, 0.29) is 36.2 Å². The molecule has 0 aromatic carbocycles. The third kappa shape index (κ3) is 7.65. The highest BCUT2D eigenvalue weighted by Gasteiger charge is 2.54. The van der Waals surface area contributed by atoms with Gasteiger partial charge in [0, 0.05) is 0 Å². The number of rotatable bonds is 15. The molecule has 0 saturated carbocycles. The first kappa shape index (κ1) is 35.6. The highest BCUT2D eigenvalue weighted by atomic mass is 31.2. The quantitative estimate of drug-likeness (QED) is 0.134. The van der Waals surface area contributed by atoms with Gasteiger partial charge in [0.2, 0.25) is 11.8 Å². The molecular weight excluding hydrogens is 601 g/mol. The van der Waals surface area contributed by atoms with Gasteiger partial charge in [0.05, 0.1) is 33.3 Å². The molecule has 18 heteroatoms. The van der Waals surface area contributed by atoms with Crippen LogP contribution < -0.4 is 20.6 Å². The lowest BCUT2D eigenvalue weighted by Crippen LogP contribution is -2.49. The van der Waals surface area contributed by atoms with Crippen LogP contribution in [0, 0.1) is 11.8 Å². The Bertz CT molecular complexity index is 1320. The maximum Gasteiger partial charge on any atom is 0.342 e. The van der Waals surface area contributed by atoms with Gasteiger partial charge >= 0.3 is 19.6 Å².